The van der Waals surface area contributed by atoms with Crippen LogP contribution in [-0.2, 0) is 13.1 Å². The van der Waals surface area contributed by atoms with Crippen molar-refractivity contribution in [3.8, 4) is 11.5 Å². The minimum atomic E-state index is -2.94. The van der Waals surface area contributed by atoms with E-state index in [2.05, 4.69) is 9.84 Å². The zero-order valence-electron chi connectivity index (χ0n) is 17.9. The molecule has 0 aliphatic carbocycles. The maximum absolute atomic E-state index is 12.9. The Hall–Kier alpha value is -3.42. The van der Waals surface area contributed by atoms with Gasteiger partial charge in [0.1, 0.15) is 0 Å². The zero-order valence-corrected chi connectivity index (χ0v) is 17.9. The summed E-state index contributed by atoms with van der Waals surface area (Å²) in [6.07, 6.45) is 0. The van der Waals surface area contributed by atoms with E-state index >= 15 is 0 Å². The molecule has 0 saturated heterocycles. The topological polar surface area (TPSA) is 56.6 Å². The van der Waals surface area contributed by atoms with Crippen LogP contribution in [0, 0.1) is 13.8 Å². The van der Waals surface area contributed by atoms with Crippen LogP contribution < -0.4 is 9.47 Å². The fourth-order valence-corrected chi connectivity index (χ4v) is 3.38. The molecule has 0 fully saturated rings. The standard InChI is InChI=1S/C23H25F2N3O3/c1-15-10-16(2)28(26-15)14-17-6-5-7-19(11-17)22(29)27(3)13-18-8-9-20(31-23(24)25)21(12-18)30-4/h5-12,23H,13-14H2,1-4H3. The van der Waals surface area contributed by atoms with Crippen LogP contribution in [0.25, 0.3) is 0 Å². The molecule has 0 aliphatic rings. The molecule has 0 unspecified atom stereocenters. The van der Waals surface area contributed by atoms with Gasteiger partial charge in [-0.3, -0.25) is 9.48 Å². The van der Waals surface area contributed by atoms with Gasteiger partial charge in [-0.1, -0.05) is 18.2 Å². The second-order valence-electron chi connectivity index (χ2n) is 7.31. The second kappa shape index (κ2) is 9.59. The molecule has 164 valence electrons. The van der Waals surface area contributed by atoms with Crippen LogP contribution in [0.4, 0.5) is 8.78 Å². The van der Waals surface area contributed by atoms with Gasteiger partial charge in [0.25, 0.3) is 5.91 Å². The summed E-state index contributed by atoms with van der Waals surface area (Å²) in [4.78, 5) is 14.5. The molecular weight excluding hydrogens is 404 g/mol. The highest BCUT2D eigenvalue weighted by molar-refractivity contribution is 5.94. The predicted molar refractivity (Wildman–Crippen MR) is 113 cm³/mol. The Bertz CT molecular complexity index is 1070. The Morgan fingerprint density at radius 3 is 2.52 bits per heavy atom. The fraction of sp³-hybridized carbons (Fsp3) is 0.304. The number of nitrogens with zero attached hydrogens (tertiary/aromatic N) is 3. The lowest BCUT2D eigenvalue weighted by molar-refractivity contribution is -0.0512. The third-order valence-electron chi connectivity index (χ3n) is 4.82. The van der Waals surface area contributed by atoms with Gasteiger partial charge in [-0.05, 0) is 55.3 Å². The SMILES string of the molecule is COc1cc(CN(C)C(=O)c2cccc(Cn3nc(C)cc3C)c2)ccc1OC(F)F. The average molecular weight is 429 g/mol. The molecule has 6 nitrogen and oxygen atoms in total. The van der Waals surface area contributed by atoms with Crippen molar-refractivity contribution < 1.29 is 23.0 Å². The zero-order chi connectivity index (χ0) is 22.5. The number of benzene rings is 2. The molecule has 0 N–H and O–H groups in total. The van der Waals surface area contributed by atoms with Gasteiger partial charge in [0.15, 0.2) is 11.5 Å². The first-order valence-electron chi connectivity index (χ1n) is 9.74. The molecule has 1 aromatic heterocycles. The molecule has 1 heterocycles. The number of aromatic nitrogens is 2. The van der Waals surface area contributed by atoms with E-state index in [0.717, 1.165) is 22.5 Å². The summed E-state index contributed by atoms with van der Waals surface area (Å²) in [5, 5.41) is 4.46. The molecule has 3 aromatic rings. The number of methoxy groups -OCH3 is 1. The third-order valence-corrected chi connectivity index (χ3v) is 4.82. The Morgan fingerprint density at radius 2 is 1.87 bits per heavy atom. The van der Waals surface area contributed by atoms with Crippen molar-refractivity contribution >= 4 is 5.91 Å². The molecule has 0 saturated carbocycles. The third kappa shape index (κ3) is 5.59. The van der Waals surface area contributed by atoms with Gasteiger partial charge < -0.3 is 14.4 Å². The number of carbonyl (C=O) groups is 1. The monoisotopic (exact) mass is 429 g/mol. The molecule has 1 amide bonds. The van der Waals surface area contributed by atoms with Crippen molar-refractivity contribution in [3.63, 3.8) is 0 Å². The molecule has 2 aromatic carbocycles. The van der Waals surface area contributed by atoms with E-state index in [-0.39, 0.29) is 24.0 Å². The summed E-state index contributed by atoms with van der Waals surface area (Å²) < 4.78 is 36.5. The van der Waals surface area contributed by atoms with Gasteiger partial charge in [0.2, 0.25) is 0 Å². The average Bonchev–Trinajstić information content (AvgIpc) is 3.04. The van der Waals surface area contributed by atoms with E-state index in [1.165, 1.54) is 13.2 Å². The lowest BCUT2D eigenvalue weighted by Crippen LogP contribution is -2.26. The maximum atomic E-state index is 12.9. The van der Waals surface area contributed by atoms with Crippen LogP contribution in [-0.4, -0.2) is 41.4 Å². The van der Waals surface area contributed by atoms with E-state index in [4.69, 9.17) is 4.74 Å². The van der Waals surface area contributed by atoms with E-state index in [0.29, 0.717) is 12.1 Å². The number of aryl methyl sites for hydroxylation is 2. The number of rotatable bonds is 8. The van der Waals surface area contributed by atoms with Crippen molar-refractivity contribution in [3.05, 3.63) is 76.6 Å². The summed E-state index contributed by atoms with van der Waals surface area (Å²) in [6.45, 7) is 1.86. The smallest absolute Gasteiger partial charge is 0.387 e. The Labute approximate surface area is 180 Å². The molecule has 0 spiro atoms. The van der Waals surface area contributed by atoms with Gasteiger partial charge in [-0.25, -0.2) is 0 Å². The van der Waals surface area contributed by atoms with Crippen molar-refractivity contribution in [2.75, 3.05) is 14.2 Å². The van der Waals surface area contributed by atoms with Gasteiger partial charge in [0.05, 0.1) is 19.3 Å². The van der Waals surface area contributed by atoms with Crippen molar-refractivity contribution in [1.82, 2.24) is 14.7 Å². The number of hydrogen-bond donors (Lipinski definition) is 0. The number of ether oxygens (including phenoxy) is 2. The lowest BCUT2D eigenvalue weighted by atomic mass is 10.1. The molecule has 8 heteroatoms. The fourth-order valence-electron chi connectivity index (χ4n) is 3.38. The summed E-state index contributed by atoms with van der Waals surface area (Å²) in [7, 11) is 3.06. The van der Waals surface area contributed by atoms with Gasteiger partial charge in [-0.2, -0.15) is 13.9 Å². The van der Waals surface area contributed by atoms with Crippen molar-refractivity contribution in [2.24, 2.45) is 0 Å². The van der Waals surface area contributed by atoms with Crippen LogP contribution in [0.1, 0.15) is 32.9 Å². The normalized spacial score (nSPS) is 10.9. The first-order chi connectivity index (χ1) is 14.8. The molecule has 0 aliphatic heterocycles. The van der Waals surface area contributed by atoms with E-state index in [9.17, 15) is 13.6 Å². The van der Waals surface area contributed by atoms with E-state index in [1.54, 1.807) is 30.1 Å². The van der Waals surface area contributed by atoms with Gasteiger partial charge in [0, 0.05) is 24.8 Å². The van der Waals surface area contributed by atoms with Crippen LogP contribution >= 0.6 is 0 Å². The molecule has 0 radical (unpaired) electrons. The molecule has 0 bridgehead atoms. The molecule has 3 rings (SSSR count). The summed E-state index contributed by atoms with van der Waals surface area (Å²) >= 11 is 0. The maximum Gasteiger partial charge on any atom is 0.387 e. The lowest BCUT2D eigenvalue weighted by Gasteiger charge is -2.19. The summed E-state index contributed by atoms with van der Waals surface area (Å²) in [6, 6.07) is 14.1. The van der Waals surface area contributed by atoms with Gasteiger partial charge >= 0.3 is 6.61 Å². The van der Waals surface area contributed by atoms with Crippen LogP contribution in [0.3, 0.4) is 0 Å². The van der Waals surface area contributed by atoms with Crippen LogP contribution in [0.5, 0.6) is 11.5 Å². The second-order valence-corrected chi connectivity index (χ2v) is 7.31. The number of alkyl halides is 2. The number of carbonyl (C=O) groups excluding carboxylic acids is 1. The Balaban J connectivity index is 1.72. The summed E-state index contributed by atoms with van der Waals surface area (Å²) in [5.74, 6) is -0.0142. The van der Waals surface area contributed by atoms with Gasteiger partial charge in [-0.15, -0.1) is 0 Å². The van der Waals surface area contributed by atoms with Crippen LogP contribution in [0.15, 0.2) is 48.5 Å². The first kappa shape index (κ1) is 22.3. The highest BCUT2D eigenvalue weighted by atomic mass is 19.3. The molecule has 0 atom stereocenters. The predicted octanol–water partition coefficient (Wildman–Crippen LogP) is 4.43. The Kier molecular flexibility index (Phi) is 6.89. The first-order valence-corrected chi connectivity index (χ1v) is 9.74. The summed E-state index contributed by atoms with van der Waals surface area (Å²) in [5.41, 5.74) is 4.27. The molecular formula is C23H25F2N3O3. The Morgan fingerprint density at radius 1 is 1.10 bits per heavy atom. The van der Waals surface area contributed by atoms with E-state index in [1.807, 2.05) is 42.8 Å². The van der Waals surface area contributed by atoms with E-state index < -0.39 is 6.61 Å². The number of amides is 1. The number of halogens is 2. The quantitative estimate of drug-likeness (QED) is 0.532. The van der Waals surface area contributed by atoms with Crippen molar-refractivity contribution in [1.29, 1.82) is 0 Å². The van der Waals surface area contributed by atoms with Crippen LogP contribution in [0.2, 0.25) is 0 Å². The molecule has 31 heavy (non-hydrogen) atoms. The largest absolute Gasteiger partial charge is 0.493 e. The minimum absolute atomic E-state index is 0.0490. The van der Waals surface area contributed by atoms with Crippen molar-refractivity contribution in [2.45, 2.75) is 33.5 Å². The number of hydrogen-bond acceptors (Lipinski definition) is 4. The highest BCUT2D eigenvalue weighted by Gasteiger charge is 2.16. The minimum Gasteiger partial charge on any atom is -0.493 e. The highest BCUT2D eigenvalue weighted by Crippen LogP contribution is 2.30.